The van der Waals surface area contributed by atoms with Crippen molar-refractivity contribution in [2.45, 2.75) is 70.0 Å². The second kappa shape index (κ2) is 4.95. The van der Waals surface area contributed by atoms with Gasteiger partial charge in [-0.25, -0.2) is 0 Å². The lowest BCUT2D eigenvalue weighted by molar-refractivity contribution is 0.151. The monoisotopic (exact) mass is 239 g/mol. The Morgan fingerprint density at radius 1 is 1.38 bits per heavy atom. The molecular formula is C12H22BNOS. The molecule has 0 bridgehead atoms. The SMILES string of the molecule is BC1CCCCC2C(C1)OC(=S)N2C(C)C. The quantitative estimate of drug-likeness (QED) is 0.514. The lowest BCUT2D eigenvalue weighted by Gasteiger charge is -2.31. The molecule has 0 aromatic rings. The van der Waals surface area contributed by atoms with Crippen molar-refractivity contribution in [1.29, 1.82) is 0 Å². The van der Waals surface area contributed by atoms with Gasteiger partial charge >= 0.3 is 0 Å². The fraction of sp³-hybridized carbons (Fsp3) is 0.917. The maximum absolute atomic E-state index is 5.90. The zero-order valence-corrected chi connectivity index (χ0v) is 11.4. The summed E-state index contributed by atoms with van der Waals surface area (Å²) in [5.74, 6) is 0.780. The molecule has 1 saturated carbocycles. The predicted molar refractivity (Wildman–Crippen MR) is 73.6 cm³/mol. The summed E-state index contributed by atoms with van der Waals surface area (Å²) in [5, 5.41) is 0.735. The van der Waals surface area contributed by atoms with Gasteiger partial charge in [-0.2, -0.15) is 0 Å². The topological polar surface area (TPSA) is 12.5 Å². The molecule has 1 saturated heterocycles. The number of rotatable bonds is 1. The van der Waals surface area contributed by atoms with Gasteiger partial charge in [0.1, 0.15) is 14.0 Å². The average Bonchev–Trinajstić information content (AvgIpc) is 2.46. The Morgan fingerprint density at radius 3 is 2.75 bits per heavy atom. The molecule has 2 aliphatic rings. The second-order valence-corrected chi connectivity index (χ2v) is 5.97. The van der Waals surface area contributed by atoms with Crippen LogP contribution in [0.2, 0.25) is 5.82 Å². The van der Waals surface area contributed by atoms with E-state index in [0.29, 0.717) is 18.2 Å². The Kier molecular flexibility index (Phi) is 3.78. The summed E-state index contributed by atoms with van der Waals surface area (Å²) in [6, 6.07) is 1.01. The highest BCUT2D eigenvalue weighted by atomic mass is 32.1. The van der Waals surface area contributed by atoms with Crippen LogP contribution in [-0.4, -0.2) is 36.1 Å². The number of nitrogens with zero attached hydrogens (tertiary/aromatic N) is 1. The standard InChI is InChI=1S/C12H22BNOS/c1-8(2)14-10-6-4-3-5-9(13)7-11(10)15-12(14)16/h8-11H,3-7,13H2,1-2H3. The summed E-state index contributed by atoms with van der Waals surface area (Å²) in [4.78, 5) is 2.32. The highest BCUT2D eigenvalue weighted by Crippen LogP contribution is 2.34. The van der Waals surface area contributed by atoms with Gasteiger partial charge in [-0.3, -0.25) is 0 Å². The second-order valence-electron chi connectivity index (χ2n) is 5.62. The third-order valence-corrected chi connectivity index (χ3v) is 4.19. The zero-order valence-electron chi connectivity index (χ0n) is 10.6. The van der Waals surface area contributed by atoms with Gasteiger partial charge in [0.05, 0.1) is 6.04 Å². The van der Waals surface area contributed by atoms with Crippen molar-refractivity contribution in [3.05, 3.63) is 0 Å². The first-order chi connectivity index (χ1) is 7.59. The van der Waals surface area contributed by atoms with Gasteiger partial charge in [-0.15, -0.1) is 0 Å². The molecule has 1 aliphatic heterocycles. The lowest BCUT2D eigenvalue weighted by atomic mass is 9.75. The van der Waals surface area contributed by atoms with Crippen LogP contribution in [0.5, 0.6) is 0 Å². The highest BCUT2D eigenvalue weighted by molar-refractivity contribution is 7.80. The third-order valence-electron chi connectivity index (χ3n) is 3.89. The Hall–Kier alpha value is -0.245. The van der Waals surface area contributed by atoms with Gasteiger partial charge in [0.2, 0.25) is 0 Å². The summed E-state index contributed by atoms with van der Waals surface area (Å²) in [6.07, 6.45) is 6.80. The minimum Gasteiger partial charge on any atom is -0.465 e. The van der Waals surface area contributed by atoms with Crippen LogP contribution in [-0.2, 0) is 4.74 Å². The van der Waals surface area contributed by atoms with Crippen LogP contribution in [0.4, 0.5) is 0 Å². The van der Waals surface area contributed by atoms with Crippen molar-refractivity contribution in [3.8, 4) is 0 Å². The first-order valence-corrected chi connectivity index (χ1v) is 6.99. The van der Waals surface area contributed by atoms with E-state index in [2.05, 4.69) is 26.6 Å². The Balaban J connectivity index is 2.12. The van der Waals surface area contributed by atoms with Crippen LogP contribution >= 0.6 is 12.2 Å². The zero-order chi connectivity index (χ0) is 11.7. The molecule has 2 fully saturated rings. The molecule has 4 heteroatoms. The van der Waals surface area contributed by atoms with Gasteiger partial charge in [0.25, 0.3) is 5.17 Å². The number of ether oxygens (including phenoxy) is 1. The first kappa shape index (κ1) is 12.2. The molecule has 16 heavy (non-hydrogen) atoms. The Labute approximate surface area is 105 Å². The lowest BCUT2D eigenvalue weighted by Crippen LogP contribution is -2.41. The van der Waals surface area contributed by atoms with Gasteiger partial charge in [0, 0.05) is 6.04 Å². The molecule has 2 rings (SSSR count). The van der Waals surface area contributed by atoms with Gasteiger partial charge in [0.15, 0.2) is 0 Å². The minimum absolute atomic E-state index is 0.352. The van der Waals surface area contributed by atoms with Crippen LogP contribution < -0.4 is 0 Å². The number of hydrogen-bond acceptors (Lipinski definition) is 2. The van der Waals surface area contributed by atoms with Crippen molar-refractivity contribution in [2.75, 3.05) is 0 Å². The highest BCUT2D eigenvalue weighted by Gasteiger charge is 2.40. The van der Waals surface area contributed by atoms with Gasteiger partial charge in [-0.1, -0.05) is 25.1 Å². The normalized spacial score (nSPS) is 35.6. The predicted octanol–water partition coefficient (Wildman–Crippen LogP) is 2.13. The van der Waals surface area contributed by atoms with Crippen molar-refractivity contribution < 1.29 is 4.74 Å². The van der Waals surface area contributed by atoms with E-state index in [9.17, 15) is 0 Å². The average molecular weight is 239 g/mol. The maximum Gasteiger partial charge on any atom is 0.260 e. The van der Waals surface area contributed by atoms with E-state index in [4.69, 9.17) is 17.0 Å². The molecule has 90 valence electrons. The number of thiocarbonyl (C=S) groups is 1. The Morgan fingerprint density at radius 2 is 2.06 bits per heavy atom. The molecule has 0 amide bonds. The van der Waals surface area contributed by atoms with Crippen molar-refractivity contribution in [1.82, 2.24) is 4.90 Å². The molecule has 0 radical (unpaired) electrons. The molecule has 1 aliphatic carbocycles. The van der Waals surface area contributed by atoms with Crippen LogP contribution in [0, 0.1) is 0 Å². The molecule has 3 atom stereocenters. The molecular weight excluding hydrogens is 217 g/mol. The van der Waals surface area contributed by atoms with Crippen LogP contribution in [0.3, 0.4) is 0 Å². The molecule has 0 spiro atoms. The van der Waals surface area contributed by atoms with E-state index in [1.165, 1.54) is 32.1 Å². The van der Waals surface area contributed by atoms with Crippen molar-refractivity contribution >= 4 is 25.2 Å². The number of hydrogen-bond donors (Lipinski definition) is 0. The molecule has 0 aromatic heterocycles. The first-order valence-electron chi connectivity index (χ1n) is 6.58. The summed E-state index contributed by atoms with van der Waals surface area (Å²) >= 11 is 5.36. The van der Waals surface area contributed by atoms with Crippen LogP contribution in [0.15, 0.2) is 0 Å². The smallest absolute Gasteiger partial charge is 0.260 e. The fourth-order valence-corrected chi connectivity index (χ4v) is 3.54. The molecule has 0 aromatic carbocycles. The van der Waals surface area contributed by atoms with E-state index in [1.54, 1.807) is 0 Å². The maximum atomic E-state index is 5.90. The minimum atomic E-state index is 0.352. The van der Waals surface area contributed by atoms with E-state index in [-0.39, 0.29) is 0 Å². The van der Waals surface area contributed by atoms with E-state index in [0.717, 1.165) is 11.0 Å². The number of fused-ring (bicyclic) bond motifs is 1. The fourth-order valence-electron chi connectivity index (χ4n) is 3.07. The van der Waals surface area contributed by atoms with Crippen molar-refractivity contribution in [2.24, 2.45) is 0 Å². The Bertz CT molecular complexity index is 272. The summed E-state index contributed by atoms with van der Waals surface area (Å²) in [7, 11) is 2.34. The van der Waals surface area contributed by atoms with Gasteiger partial charge in [-0.05, 0) is 38.9 Å². The van der Waals surface area contributed by atoms with Crippen molar-refractivity contribution in [3.63, 3.8) is 0 Å². The molecule has 1 heterocycles. The van der Waals surface area contributed by atoms with Crippen LogP contribution in [0.25, 0.3) is 0 Å². The third kappa shape index (κ3) is 2.37. The molecule has 0 N–H and O–H groups in total. The summed E-state index contributed by atoms with van der Waals surface area (Å²) in [6.45, 7) is 4.42. The van der Waals surface area contributed by atoms with E-state index >= 15 is 0 Å². The van der Waals surface area contributed by atoms with Crippen LogP contribution in [0.1, 0.15) is 46.0 Å². The van der Waals surface area contributed by atoms with E-state index < -0.39 is 0 Å². The summed E-state index contributed by atoms with van der Waals surface area (Å²) < 4.78 is 5.90. The van der Waals surface area contributed by atoms with E-state index in [1.807, 2.05) is 0 Å². The summed E-state index contributed by atoms with van der Waals surface area (Å²) in [5.41, 5.74) is 0. The largest absolute Gasteiger partial charge is 0.465 e. The van der Waals surface area contributed by atoms with Gasteiger partial charge < -0.3 is 9.64 Å². The molecule has 2 nitrogen and oxygen atoms in total. The molecule has 3 unspecified atom stereocenters.